The van der Waals surface area contributed by atoms with Crippen molar-refractivity contribution in [3.8, 4) is 5.75 Å². The first kappa shape index (κ1) is 20.6. The van der Waals surface area contributed by atoms with Crippen LogP contribution in [0.1, 0.15) is 27.4 Å². The molecule has 0 aliphatic carbocycles. The molecule has 0 saturated heterocycles. The number of carbonyl (C=O) groups is 1. The normalized spacial score (nSPS) is 11.3. The zero-order valence-corrected chi connectivity index (χ0v) is 17.1. The van der Waals surface area contributed by atoms with Crippen molar-refractivity contribution < 1.29 is 17.9 Å². The summed E-state index contributed by atoms with van der Waals surface area (Å²) in [4.78, 5) is 13.0. The van der Waals surface area contributed by atoms with E-state index in [4.69, 9.17) is 4.74 Å². The average molecular weight is 410 g/mol. The predicted octanol–water partition coefficient (Wildman–Crippen LogP) is 3.66. The van der Waals surface area contributed by atoms with Gasteiger partial charge in [0.1, 0.15) is 5.75 Å². The Morgan fingerprint density at radius 1 is 0.931 bits per heavy atom. The molecule has 6 heteroatoms. The highest BCUT2D eigenvalue weighted by atomic mass is 32.2. The lowest BCUT2D eigenvalue weighted by Crippen LogP contribution is -2.29. The second-order valence-electron chi connectivity index (χ2n) is 6.72. The number of amides is 1. The number of sulfone groups is 1. The van der Waals surface area contributed by atoms with Crippen molar-refractivity contribution in [2.75, 3.05) is 19.9 Å². The van der Waals surface area contributed by atoms with E-state index in [0.717, 1.165) is 17.4 Å². The van der Waals surface area contributed by atoms with Crippen LogP contribution in [0.4, 0.5) is 0 Å². The van der Waals surface area contributed by atoms with E-state index in [1.165, 1.54) is 25.3 Å². The number of carbonyl (C=O) groups excluding carboxylic acids is 1. The Labute approximate surface area is 171 Å². The molecule has 0 fully saturated rings. The summed E-state index contributed by atoms with van der Waals surface area (Å²) in [6, 6.07) is 24.1. The number of benzene rings is 3. The van der Waals surface area contributed by atoms with Crippen LogP contribution < -0.4 is 10.1 Å². The van der Waals surface area contributed by atoms with Gasteiger partial charge in [-0.3, -0.25) is 4.79 Å². The maximum atomic E-state index is 12.9. The third-order valence-corrected chi connectivity index (χ3v) is 5.82. The molecule has 0 atom stereocenters. The molecule has 1 N–H and O–H groups in total. The van der Waals surface area contributed by atoms with Gasteiger partial charge in [0.15, 0.2) is 9.84 Å². The van der Waals surface area contributed by atoms with Gasteiger partial charge in [-0.1, -0.05) is 60.7 Å². The van der Waals surface area contributed by atoms with Crippen molar-refractivity contribution in [2.24, 2.45) is 0 Å². The Kier molecular flexibility index (Phi) is 6.34. The quantitative estimate of drug-likeness (QED) is 0.646. The molecule has 0 unspecified atom stereocenters. The Morgan fingerprint density at radius 2 is 1.48 bits per heavy atom. The van der Waals surface area contributed by atoms with Crippen LogP contribution >= 0.6 is 0 Å². The third kappa shape index (κ3) is 5.03. The van der Waals surface area contributed by atoms with Crippen LogP contribution in [-0.4, -0.2) is 34.2 Å². The molecule has 0 heterocycles. The SMILES string of the molecule is COc1ccc(S(C)(=O)=O)cc1C(=O)NCC(c1ccccc1)c1ccccc1. The highest BCUT2D eigenvalue weighted by molar-refractivity contribution is 7.90. The maximum Gasteiger partial charge on any atom is 0.255 e. The van der Waals surface area contributed by atoms with Gasteiger partial charge in [-0.25, -0.2) is 8.42 Å². The molecule has 1 amide bonds. The first-order chi connectivity index (χ1) is 13.9. The van der Waals surface area contributed by atoms with Gasteiger partial charge in [0.05, 0.1) is 17.6 Å². The lowest BCUT2D eigenvalue weighted by molar-refractivity contribution is 0.0949. The largest absolute Gasteiger partial charge is 0.496 e. The number of hydrogen-bond acceptors (Lipinski definition) is 4. The first-order valence-electron chi connectivity index (χ1n) is 9.16. The van der Waals surface area contributed by atoms with Crippen molar-refractivity contribution in [3.05, 3.63) is 95.6 Å². The van der Waals surface area contributed by atoms with E-state index < -0.39 is 9.84 Å². The molecule has 29 heavy (non-hydrogen) atoms. The minimum Gasteiger partial charge on any atom is -0.496 e. The molecule has 0 bridgehead atoms. The van der Waals surface area contributed by atoms with Crippen LogP contribution in [0.15, 0.2) is 83.8 Å². The molecule has 0 aliphatic heterocycles. The number of ether oxygens (including phenoxy) is 1. The smallest absolute Gasteiger partial charge is 0.255 e. The van der Waals surface area contributed by atoms with Crippen LogP contribution in [0.25, 0.3) is 0 Å². The lowest BCUT2D eigenvalue weighted by atomic mass is 9.91. The fourth-order valence-electron chi connectivity index (χ4n) is 3.18. The molecule has 3 aromatic rings. The van der Waals surface area contributed by atoms with Gasteiger partial charge in [0.25, 0.3) is 5.91 Å². The van der Waals surface area contributed by atoms with Crippen molar-refractivity contribution in [2.45, 2.75) is 10.8 Å². The Bertz CT molecular complexity index is 1040. The fraction of sp³-hybridized carbons (Fsp3) is 0.174. The van der Waals surface area contributed by atoms with Crippen molar-refractivity contribution in [3.63, 3.8) is 0 Å². The van der Waals surface area contributed by atoms with E-state index in [0.29, 0.717) is 12.3 Å². The van der Waals surface area contributed by atoms with Crippen LogP contribution in [-0.2, 0) is 9.84 Å². The minimum absolute atomic E-state index is 0.0366. The predicted molar refractivity (Wildman–Crippen MR) is 113 cm³/mol. The van der Waals surface area contributed by atoms with Gasteiger partial charge in [-0.2, -0.15) is 0 Å². The van der Waals surface area contributed by atoms with Gasteiger partial charge in [-0.05, 0) is 29.3 Å². The molecule has 0 aromatic heterocycles. The fourth-order valence-corrected chi connectivity index (χ4v) is 3.83. The summed E-state index contributed by atoms with van der Waals surface area (Å²) >= 11 is 0. The summed E-state index contributed by atoms with van der Waals surface area (Å²) in [6.45, 7) is 0.360. The molecule has 0 spiro atoms. The number of hydrogen-bond donors (Lipinski definition) is 1. The van der Waals surface area contributed by atoms with Crippen molar-refractivity contribution in [1.82, 2.24) is 5.32 Å². The number of nitrogens with one attached hydrogen (secondary N) is 1. The second-order valence-corrected chi connectivity index (χ2v) is 8.73. The number of methoxy groups -OCH3 is 1. The molecule has 5 nitrogen and oxygen atoms in total. The molecule has 3 rings (SSSR count). The van der Waals surface area contributed by atoms with Crippen molar-refractivity contribution in [1.29, 1.82) is 0 Å². The Morgan fingerprint density at radius 3 is 1.97 bits per heavy atom. The van der Waals surface area contributed by atoms with Crippen LogP contribution in [0, 0.1) is 0 Å². The van der Waals surface area contributed by atoms with Gasteiger partial charge in [-0.15, -0.1) is 0 Å². The van der Waals surface area contributed by atoms with Gasteiger partial charge in [0, 0.05) is 18.7 Å². The monoisotopic (exact) mass is 409 g/mol. The summed E-state index contributed by atoms with van der Waals surface area (Å²) in [6.07, 6.45) is 1.11. The topological polar surface area (TPSA) is 72.5 Å². The summed E-state index contributed by atoms with van der Waals surface area (Å²) in [5, 5.41) is 2.94. The van der Waals surface area contributed by atoms with E-state index >= 15 is 0 Å². The standard InChI is InChI=1S/C23H23NO4S/c1-28-22-14-13-19(29(2,26)27)15-20(22)23(25)24-16-21(17-9-5-3-6-10-17)18-11-7-4-8-12-18/h3-15,21H,16H2,1-2H3,(H,24,25). The molecule has 0 aliphatic rings. The molecular weight excluding hydrogens is 386 g/mol. The number of rotatable bonds is 7. The van der Waals surface area contributed by atoms with Crippen LogP contribution in [0.5, 0.6) is 5.75 Å². The van der Waals surface area contributed by atoms with E-state index in [1.807, 2.05) is 60.7 Å². The van der Waals surface area contributed by atoms with E-state index in [2.05, 4.69) is 5.32 Å². The summed E-state index contributed by atoms with van der Waals surface area (Å²) < 4.78 is 29.0. The second kappa shape index (κ2) is 8.92. The Hall–Kier alpha value is -3.12. The molecule has 0 saturated carbocycles. The van der Waals surface area contributed by atoms with Gasteiger partial charge < -0.3 is 10.1 Å². The van der Waals surface area contributed by atoms with E-state index in [9.17, 15) is 13.2 Å². The zero-order chi connectivity index (χ0) is 20.9. The van der Waals surface area contributed by atoms with Crippen LogP contribution in [0.2, 0.25) is 0 Å². The molecule has 150 valence electrons. The summed E-state index contributed by atoms with van der Waals surface area (Å²) in [5.74, 6) is -0.0967. The van der Waals surface area contributed by atoms with Crippen molar-refractivity contribution >= 4 is 15.7 Å². The third-order valence-electron chi connectivity index (χ3n) is 4.71. The van der Waals surface area contributed by atoms with Crippen LogP contribution in [0.3, 0.4) is 0 Å². The summed E-state index contributed by atoms with van der Waals surface area (Å²) in [7, 11) is -1.99. The molecule has 3 aromatic carbocycles. The lowest BCUT2D eigenvalue weighted by Gasteiger charge is -2.19. The Balaban J connectivity index is 1.88. The zero-order valence-electron chi connectivity index (χ0n) is 16.3. The summed E-state index contributed by atoms with van der Waals surface area (Å²) in [5.41, 5.74) is 2.35. The maximum absolute atomic E-state index is 12.9. The van der Waals surface area contributed by atoms with E-state index in [1.54, 1.807) is 0 Å². The highest BCUT2D eigenvalue weighted by Crippen LogP contribution is 2.25. The highest BCUT2D eigenvalue weighted by Gasteiger charge is 2.19. The van der Waals surface area contributed by atoms with Gasteiger partial charge >= 0.3 is 0 Å². The molecular formula is C23H23NO4S. The molecule has 0 radical (unpaired) electrons. The average Bonchev–Trinajstić information content (AvgIpc) is 2.74. The first-order valence-corrected chi connectivity index (χ1v) is 11.1. The van der Waals surface area contributed by atoms with Gasteiger partial charge in [0.2, 0.25) is 0 Å². The minimum atomic E-state index is -3.44. The van der Waals surface area contributed by atoms with E-state index in [-0.39, 0.29) is 22.3 Å².